The maximum absolute atomic E-state index is 13.5. The monoisotopic (exact) mass is 235 g/mol. The van der Waals surface area contributed by atoms with E-state index in [1.54, 1.807) is 18.2 Å². The van der Waals surface area contributed by atoms with E-state index >= 15 is 0 Å². The topological polar surface area (TPSA) is 30.0 Å². The number of rotatable bonds is 2. The first kappa shape index (κ1) is 10.8. The fourth-order valence-electron chi connectivity index (χ4n) is 1.42. The Balaban J connectivity index is 2.65. The predicted molar refractivity (Wildman–Crippen MR) is 60.0 cm³/mol. The van der Waals surface area contributed by atoms with Crippen molar-refractivity contribution in [2.45, 2.75) is 0 Å². The highest BCUT2D eigenvalue weighted by molar-refractivity contribution is 6.30. The van der Waals surface area contributed by atoms with Crippen LogP contribution >= 0.6 is 11.6 Å². The summed E-state index contributed by atoms with van der Waals surface area (Å²) in [6.45, 7) is 0. The van der Waals surface area contributed by atoms with Gasteiger partial charge in [-0.3, -0.25) is 9.78 Å². The molecule has 0 saturated heterocycles. The molecule has 0 spiro atoms. The maximum atomic E-state index is 13.5. The fourth-order valence-corrected chi connectivity index (χ4v) is 1.59. The van der Waals surface area contributed by atoms with Crippen molar-refractivity contribution in [3.05, 3.63) is 52.9 Å². The fraction of sp³-hybridized carbons (Fsp3) is 0. The summed E-state index contributed by atoms with van der Waals surface area (Å²) in [5.41, 5.74) is 0.872. The molecule has 80 valence electrons. The van der Waals surface area contributed by atoms with Gasteiger partial charge in [0.1, 0.15) is 5.82 Å². The molecule has 1 heterocycles. The van der Waals surface area contributed by atoms with Gasteiger partial charge >= 0.3 is 0 Å². The van der Waals surface area contributed by atoms with Crippen molar-refractivity contribution in [3.8, 4) is 11.3 Å². The zero-order chi connectivity index (χ0) is 11.5. The van der Waals surface area contributed by atoms with Gasteiger partial charge in [-0.25, -0.2) is 4.39 Å². The Labute approximate surface area is 96.7 Å². The highest BCUT2D eigenvalue weighted by atomic mass is 35.5. The van der Waals surface area contributed by atoms with Gasteiger partial charge in [-0.2, -0.15) is 0 Å². The normalized spacial score (nSPS) is 10.1. The summed E-state index contributed by atoms with van der Waals surface area (Å²) in [5, 5.41) is 0.349. The summed E-state index contributed by atoms with van der Waals surface area (Å²) in [7, 11) is 0. The number of carbonyl (C=O) groups excluding carboxylic acids is 1. The summed E-state index contributed by atoms with van der Waals surface area (Å²) in [4.78, 5) is 14.8. The summed E-state index contributed by atoms with van der Waals surface area (Å²) in [5.74, 6) is -0.416. The molecule has 16 heavy (non-hydrogen) atoms. The van der Waals surface area contributed by atoms with E-state index in [-0.39, 0.29) is 5.56 Å². The number of nitrogens with zero attached hydrogens (tertiary/aromatic N) is 1. The van der Waals surface area contributed by atoms with Crippen LogP contribution in [0.5, 0.6) is 0 Å². The highest BCUT2D eigenvalue weighted by Crippen LogP contribution is 2.24. The number of hydrogen-bond donors (Lipinski definition) is 0. The number of aldehydes is 1. The zero-order valence-corrected chi connectivity index (χ0v) is 8.91. The van der Waals surface area contributed by atoms with E-state index in [9.17, 15) is 9.18 Å². The number of carbonyl (C=O) groups is 1. The molecule has 2 aromatic rings. The quantitative estimate of drug-likeness (QED) is 0.747. The largest absolute Gasteiger partial charge is 0.298 e. The summed E-state index contributed by atoms with van der Waals surface area (Å²) in [6, 6.07) is 7.61. The van der Waals surface area contributed by atoms with Gasteiger partial charge in [0.2, 0.25) is 0 Å². The van der Waals surface area contributed by atoms with Gasteiger partial charge in [0.05, 0.1) is 10.7 Å². The Bertz CT molecular complexity index is 542. The molecule has 2 nitrogen and oxygen atoms in total. The van der Waals surface area contributed by atoms with E-state index in [0.717, 1.165) is 0 Å². The zero-order valence-electron chi connectivity index (χ0n) is 8.15. The Morgan fingerprint density at radius 2 is 2.06 bits per heavy atom. The molecule has 0 bridgehead atoms. The predicted octanol–water partition coefficient (Wildman–Crippen LogP) is 3.35. The Morgan fingerprint density at radius 3 is 2.75 bits per heavy atom. The molecule has 0 atom stereocenters. The third-order valence-electron chi connectivity index (χ3n) is 2.14. The van der Waals surface area contributed by atoms with Gasteiger partial charge in [-0.15, -0.1) is 0 Å². The smallest absolute Gasteiger partial charge is 0.152 e. The van der Waals surface area contributed by atoms with Crippen molar-refractivity contribution in [1.82, 2.24) is 4.98 Å². The molecule has 0 saturated carbocycles. The van der Waals surface area contributed by atoms with Crippen LogP contribution in [0.2, 0.25) is 5.02 Å². The van der Waals surface area contributed by atoms with Gasteiger partial charge in [0, 0.05) is 17.3 Å². The number of halogens is 2. The first-order valence-electron chi connectivity index (χ1n) is 4.58. The van der Waals surface area contributed by atoms with Crippen LogP contribution in [0.4, 0.5) is 4.39 Å². The van der Waals surface area contributed by atoms with Crippen molar-refractivity contribution < 1.29 is 9.18 Å². The first-order chi connectivity index (χ1) is 7.72. The molecule has 1 aromatic heterocycles. The van der Waals surface area contributed by atoms with Crippen LogP contribution in [-0.4, -0.2) is 11.3 Å². The van der Waals surface area contributed by atoms with E-state index in [4.69, 9.17) is 11.6 Å². The van der Waals surface area contributed by atoms with Gasteiger partial charge in [0.25, 0.3) is 0 Å². The van der Waals surface area contributed by atoms with E-state index in [1.165, 1.54) is 18.3 Å². The lowest BCUT2D eigenvalue weighted by Gasteiger charge is -2.05. The molecule has 4 heteroatoms. The molecular weight excluding hydrogens is 229 g/mol. The summed E-state index contributed by atoms with van der Waals surface area (Å²) >= 11 is 5.71. The van der Waals surface area contributed by atoms with Crippen LogP contribution in [0.15, 0.2) is 36.5 Å². The Morgan fingerprint density at radius 1 is 1.31 bits per heavy atom. The number of hydrogen-bond acceptors (Lipinski definition) is 2. The van der Waals surface area contributed by atoms with Crippen LogP contribution in [0.25, 0.3) is 11.3 Å². The standard InChI is InChI=1S/C12H7ClFNO/c13-9-5-8(7-16)12(15-6-9)10-3-1-2-4-11(10)14/h1-7H. The molecule has 2 rings (SSSR count). The average molecular weight is 236 g/mol. The molecule has 0 radical (unpaired) electrons. The number of pyridine rings is 1. The second-order valence-electron chi connectivity index (χ2n) is 3.19. The van der Waals surface area contributed by atoms with E-state index in [0.29, 0.717) is 22.6 Å². The minimum atomic E-state index is -0.416. The lowest BCUT2D eigenvalue weighted by molar-refractivity contribution is 0.112. The Hall–Kier alpha value is -1.74. The molecule has 0 amide bonds. The van der Waals surface area contributed by atoms with Crippen LogP contribution in [0.1, 0.15) is 10.4 Å². The lowest BCUT2D eigenvalue weighted by Crippen LogP contribution is -1.94. The third kappa shape index (κ3) is 1.95. The van der Waals surface area contributed by atoms with Crippen LogP contribution in [0, 0.1) is 5.82 Å². The van der Waals surface area contributed by atoms with Crippen molar-refractivity contribution in [1.29, 1.82) is 0 Å². The Kier molecular flexibility index (Phi) is 2.97. The van der Waals surface area contributed by atoms with Crippen LogP contribution < -0.4 is 0 Å². The highest BCUT2D eigenvalue weighted by Gasteiger charge is 2.10. The van der Waals surface area contributed by atoms with E-state index < -0.39 is 5.82 Å². The number of aromatic nitrogens is 1. The number of benzene rings is 1. The molecule has 1 aromatic carbocycles. The van der Waals surface area contributed by atoms with E-state index in [2.05, 4.69) is 4.98 Å². The molecule has 0 unspecified atom stereocenters. The van der Waals surface area contributed by atoms with Gasteiger partial charge in [-0.1, -0.05) is 23.7 Å². The first-order valence-corrected chi connectivity index (χ1v) is 4.96. The lowest BCUT2D eigenvalue weighted by atomic mass is 10.1. The van der Waals surface area contributed by atoms with Crippen molar-refractivity contribution >= 4 is 17.9 Å². The minimum Gasteiger partial charge on any atom is -0.298 e. The second-order valence-corrected chi connectivity index (χ2v) is 3.63. The molecule has 0 fully saturated rings. The molecule has 0 aliphatic carbocycles. The molecule has 0 aliphatic heterocycles. The minimum absolute atomic E-state index is 0.276. The van der Waals surface area contributed by atoms with Gasteiger partial charge in [0.15, 0.2) is 6.29 Å². The molecule has 0 N–H and O–H groups in total. The average Bonchev–Trinajstić information content (AvgIpc) is 2.30. The summed E-state index contributed by atoms with van der Waals surface area (Å²) < 4.78 is 13.5. The van der Waals surface area contributed by atoms with Crippen molar-refractivity contribution in [2.24, 2.45) is 0 Å². The van der Waals surface area contributed by atoms with E-state index in [1.807, 2.05) is 0 Å². The molecule has 0 aliphatic rings. The maximum Gasteiger partial charge on any atom is 0.152 e. The third-order valence-corrected chi connectivity index (χ3v) is 2.35. The second kappa shape index (κ2) is 4.41. The van der Waals surface area contributed by atoms with Gasteiger partial charge in [-0.05, 0) is 18.2 Å². The van der Waals surface area contributed by atoms with Crippen molar-refractivity contribution in [3.63, 3.8) is 0 Å². The van der Waals surface area contributed by atoms with Crippen molar-refractivity contribution in [2.75, 3.05) is 0 Å². The van der Waals surface area contributed by atoms with Crippen LogP contribution in [0.3, 0.4) is 0 Å². The molecular formula is C12H7ClFNO. The van der Waals surface area contributed by atoms with Crippen LogP contribution in [-0.2, 0) is 0 Å². The van der Waals surface area contributed by atoms with Gasteiger partial charge < -0.3 is 0 Å². The SMILES string of the molecule is O=Cc1cc(Cl)cnc1-c1ccccc1F. The summed E-state index contributed by atoms with van der Waals surface area (Å²) in [6.07, 6.45) is 2.00.